The van der Waals surface area contributed by atoms with Gasteiger partial charge in [0.05, 0.1) is 0 Å². The van der Waals surface area contributed by atoms with Crippen LogP contribution in [0.4, 0.5) is 0 Å². The third kappa shape index (κ3) is 4.05. The number of rotatable bonds is 5. The van der Waals surface area contributed by atoms with Crippen LogP contribution in [0.15, 0.2) is 0 Å². The molecule has 0 aromatic carbocycles. The Morgan fingerprint density at radius 2 is 2.07 bits per heavy atom. The fourth-order valence-electron chi connectivity index (χ4n) is 1.55. The summed E-state index contributed by atoms with van der Waals surface area (Å²) in [6, 6.07) is 0.544. The molecule has 0 aliphatic heterocycles. The average molecular weight is 248 g/mol. The summed E-state index contributed by atoms with van der Waals surface area (Å²) in [6.07, 6.45) is 1.19. The van der Waals surface area contributed by atoms with Gasteiger partial charge < -0.3 is 0 Å². The Morgan fingerprint density at radius 3 is 2.53 bits per heavy atom. The monoisotopic (exact) mass is 247 g/mol. The molecule has 0 radical (unpaired) electrons. The van der Waals surface area contributed by atoms with Crippen LogP contribution in [0.5, 0.6) is 0 Å². The lowest BCUT2D eigenvalue weighted by Gasteiger charge is -2.25. The van der Waals surface area contributed by atoms with Gasteiger partial charge in [0.2, 0.25) is 0 Å². The number of halogens is 1. The van der Waals surface area contributed by atoms with Gasteiger partial charge in [-0.05, 0) is 26.3 Å². The molecular formula is C10H18ClN3S. The highest BCUT2D eigenvalue weighted by molar-refractivity contribution is 7.10. The van der Waals surface area contributed by atoms with Crippen LogP contribution >= 0.6 is 23.1 Å². The van der Waals surface area contributed by atoms with Gasteiger partial charge in [0.1, 0.15) is 10.0 Å². The molecule has 1 atom stereocenters. The minimum Gasteiger partial charge on any atom is -0.298 e. The van der Waals surface area contributed by atoms with Gasteiger partial charge in [-0.1, -0.05) is 29.9 Å². The molecular weight excluding hydrogens is 230 g/mol. The molecule has 5 heteroatoms. The van der Waals surface area contributed by atoms with Crippen molar-refractivity contribution >= 4 is 23.1 Å². The summed E-state index contributed by atoms with van der Waals surface area (Å²) in [5.41, 5.74) is 0.889. The van der Waals surface area contributed by atoms with Crippen molar-refractivity contribution in [3.05, 3.63) is 10.0 Å². The minimum atomic E-state index is 0.544. The SMILES string of the molecule is CC(C)C[C@H](C)N(C)Cc1nnsc1Cl. The zero-order chi connectivity index (χ0) is 11.4. The van der Waals surface area contributed by atoms with E-state index in [1.165, 1.54) is 18.0 Å². The first-order chi connectivity index (χ1) is 7.00. The summed E-state index contributed by atoms with van der Waals surface area (Å²) >= 11 is 7.21. The maximum Gasteiger partial charge on any atom is 0.138 e. The molecule has 0 saturated carbocycles. The van der Waals surface area contributed by atoms with Crippen LogP contribution in [-0.2, 0) is 6.54 Å². The Balaban J connectivity index is 2.48. The van der Waals surface area contributed by atoms with E-state index in [-0.39, 0.29) is 0 Å². The van der Waals surface area contributed by atoms with Crippen molar-refractivity contribution in [2.24, 2.45) is 5.92 Å². The van der Waals surface area contributed by atoms with Gasteiger partial charge in [-0.3, -0.25) is 4.90 Å². The van der Waals surface area contributed by atoms with Crippen LogP contribution in [-0.4, -0.2) is 27.6 Å². The van der Waals surface area contributed by atoms with E-state index in [4.69, 9.17) is 11.6 Å². The first-order valence-electron chi connectivity index (χ1n) is 5.17. The molecule has 1 heterocycles. The van der Waals surface area contributed by atoms with Crippen LogP contribution in [0.25, 0.3) is 0 Å². The highest BCUT2D eigenvalue weighted by atomic mass is 35.5. The highest BCUT2D eigenvalue weighted by Gasteiger charge is 2.14. The predicted molar refractivity (Wildman–Crippen MR) is 65.3 cm³/mol. The summed E-state index contributed by atoms with van der Waals surface area (Å²) in [4.78, 5) is 2.27. The van der Waals surface area contributed by atoms with Crippen molar-refractivity contribution in [1.82, 2.24) is 14.5 Å². The summed E-state index contributed by atoms with van der Waals surface area (Å²) in [5, 5.41) is 4.01. The van der Waals surface area contributed by atoms with Crippen LogP contribution in [0, 0.1) is 5.92 Å². The van der Waals surface area contributed by atoms with Crippen molar-refractivity contribution < 1.29 is 0 Å². The van der Waals surface area contributed by atoms with Gasteiger partial charge in [0.15, 0.2) is 0 Å². The van der Waals surface area contributed by atoms with Gasteiger partial charge in [-0.25, -0.2) is 0 Å². The summed E-state index contributed by atoms with van der Waals surface area (Å²) in [5.74, 6) is 0.714. The molecule has 3 nitrogen and oxygen atoms in total. The first-order valence-corrected chi connectivity index (χ1v) is 6.32. The maximum absolute atomic E-state index is 5.96. The summed E-state index contributed by atoms with van der Waals surface area (Å²) < 4.78 is 4.54. The van der Waals surface area contributed by atoms with Gasteiger partial charge in [0.25, 0.3) is 0 Å². The van der Waals surface area contributed by atoms with Crippen molar-refractivity contribution in [3.63, 3.8) is 0 Å². The first kappa shape index (κ1) is 12.9. The van der Waals surface area contributed by atoms with E-state index in [1.807, 2.05) is 0 Å². The van der Waals surface area contributed by atoms with E-state index in [0.29, 0.717) is 16.3 Å². The molecule has 1 aromatic heterocycles. The largest absolute Gasteiger partial charge is 0.298 e. The van der Waals surface area contributed by atoms with E-state index in [1.54, 1.807) is 0 Å². The third-order valence-corrected chi connectivity index (χ3v) is 3.46. The number of hydrogen-bond donors (Lipinski definition) is 0. The second-order valence-electron chi connectivity index (χ2n) is 4.39. The lowest BCUT2D eigenvalue weighted by molar-refractivity contribution is 0.218. The highest BCUT2D eigenvalue weighted by Crippen LogP contribution is 2.20. The van der Waals surface area contributed by atoms with Crippen molar-refractivity contribution in [2.75, 3.05) is 7.05 Å². The Labute approximate surface area is 101 Å². The Morgan fingerprint density at radius 1 is 1.40 bits per heavy atom. The summed E-state index contributed by atoms with van der Waals surface area (Å²) in [6.45, 7) is 7.49. The molecule has 0 fully saturated rings. The standard InChI is InChI=1S/C10H18ClN3S/c1-7(2)5-8(3)14(4)6-9-10(11)15-13-12-9/h7-8H,5-6H2,1-4H3/t8-/m0/s1. The van der Waals surface area contributed by atoms with E-state index in [9.17, 15) is 0 Å². The summed E-state index contributed by atoms with van der Waals surface area (Å²) in [7, 11) is 2.10. The van der Waals surface area contributed by atoms with Gasteiger partial charge in [-0.2, -0.15) is 0 Å². The lowest BCUT2D eigenvalue weighted by Crippen LogP contribution is -2.30. The third-order valence-electron chi connectivity index (χ3n) is 2.47. The minimum absolute atomic E-state index is 0.544. The molecule has 86 valence electrons. The maximum atomic E-state index is 5.96. The number of nitrogens with zero attached hydrogens (tertiary/aromatic N) is 3. The molecule has 0 aliphatic rings. The van der Waals surface area contributed by atoms with E-state index < -0.39 is 0 Å². The molecule has 0 spiro atoms. The number of hydrogen-bond acceptors (Lipinski definition) is 4. The Kier molecular flexibility index (Phi) is 4.96. The predicted octanol–water partition coefficient (Wildman–Crippen LogP) is 3.06. The van der Waals surface area contributed by atoms with E-state index in [0.717, 1.165) is 12.2 Å². The topological polar surface area (TPSA) is 29.0 Å². The van der Waals surface area contributed by atoms with Gasteiger partial charge in [0, 0.05) is 24.1 Å². The average Bonchev–Trinajstić information content (AvgIpc) is 2.50. The molecule has 1 rings (SSSR count). The van der Waals surface area contributed by atoms with Crippen molar-refractivity contribution in [1.29, 1.82) is 0 Å². The molecule has 0 unspecified atom stereocenters. The number of aromatic nitrogens is 2. The van der Waals surface area contributed by atoms with E-state index >= 15 is 0 Å². The van der Waals surface area contributed by atoms with Crippen molar-refractivity contribution in [3.8, 4) is 0 Å². The van der Waals surface area contributed by atoms with Crippen LogP contribution in [0.1, 0.15) is 32.9 Å². The fourth-order valence-corrected chi connectivity index (χ4v) is 2.16. The molecule has 0 saturated heterocycles. The van der Waals surface area contributed by atoms with Crippen molar-refractivity contribution in [2.45, 2.75) is 39.8 Å². The van der Waals surface area contributed by atoms with Crippen LogP contribution in [0.2, 0.25) is 4.34 Å². The van der Waals surface area contributed by atoms with Crippen LogP contribution < -0.4 is 0 Å². The van der Waals surface area contributed by atoms with Gasteiger partial charge in [-0.15, -0.1) is 5.10 Å². The quantitative estimate of drug-likeness (QED) is 0.801. The Bertz CT molecular complexity index is 301. The molecule has 0 bridgehead atoms. The molecule has 0 amide bonds. The van der Waals surface area contributed by atoms with E-state index in [2.05, 4.69) is 42.3 Å². The molecule has 1 aromatic rings. The fraction of sp³-hybridized carbons (Fsp3) is 0.800. The molecule has 15 heavy (non-hydrogen) atoms. The zero-order valence-electron chi connectivity index (χ0n) is 9.70. The van der Waals surface area contributed by atoms with Crippen LogP contribution in [0.3, 0.4) is 0 Å². The van der Waals surface area contributed by atoms with Gasteiger partial charge >= 0.3 is 0 Å². The normalized spacial score (nSPS) is 13.8. The second kappa shape index (κ2) is 5.77. The smallest absolute Gasteiger partial charge is 0.138 e. The molecule has 0 N–H and O–H groups in total. The Hall–Kier alpha value is -0.190. The second-order valence-corrected chi connectivity index (χ2v) is 5.74. The molecule has 0 aliphatic carbocycles. The lowest BCUT2D eigenvalue weighted by atomic mass is 10.0. The zero-order valence-corrected chi connectivity index (χ0v) is 11.3.